The average Bonchev–Trinajstić information content (AvgIpc) is 1.95. The van der Waals surface area contributed by atoms with Gasteiger partial charge in [-0.1, -0.05) is 29.3 Å². The lowest BCUT2D eigenvalue weighted by Crippen LogP contribution is -2.06. The normalized spacial score (nSPS) is 8.64. The van der Waals surface area contributed by atoms with Gasteiger partial charge in [0.2, 0.25) is 0 Å². The first kappa shape index (κ1) is 11.0. The lowest BCUT2D eigenvalue weighted by molar-refractivity contribution is 1.35. The summed E-state index contributed by atoms with van der Waals surface area (Å²) < 4.78 is 0. The minimum atomic E-state index is 0. The first-order chi connectivity index (χ1) is 4.75. The molecule has 0 aromatic heterocycles. The van der Waals surface area contributed by atoms with Crippen molar-refractivity contribution >= 4 is 45.9 Å². The summed E-state index contributed by atoms with van der Waals surface area (Å²) in [5.41, 5.74) is 3.05. The second-order valence-corrected chi connectivity index (χ2v) is 2.53. The molecule has 0 spiro atoms. The number of nitrogens with two attached hydrogens (primary N) is 1. The molecule has 0 amide bonds. The minimum absolute atomic E-state index is 0. The molecule has 3 N–H and O–H groups in total. The van der Waals surface area contributed by atoms with E-state index in [9.17, 15) is 0 Å². The van der Waals surface area contributed by atoms with Crippen LogP contribution in [0.5, 0.6) is 0 Å². The first-order valence-electron chi connectivity index (χ1n) is 2.66. The van der Waals surface area contributed by atoms with E-state index in [2.05, 4.69) is 5.43 Å². The van der Waals surface area contributed by atoms with Gasteiger partial charge in [0, 0.05) is 0 Å². The molecular weight excluding hydrogens is 251 g/mol. The van der Waals surface area contributed by atoms with Gasteiger partial charge < -0.3 is 5.43 Å². The van der Waals surface area contributed by atoms with Gasteiger partial charge in [-0.3, -0.25) is 5.84 Å². The molecule has 0 aliphatic heterocycles. The van der Waals surface area contributed by atoms with Crippen LogP contribution in [0.3, 0.4) is 0 Å². The molecule has 0 aliphatic carbocycles. The molecular formula is C6H7BrCl2N2. The lowest BCUT2D eigenvalue weighted by Gasteiger charge is -2.02. The van der Waals surface area contributed by atoms with E-state index >= 15 is 0 Å². The van der Waals surface area contributed by atoms with E-state index in [-0.39, 0.29) is 17.0 Å². The zero-order valence-corrected chi connectivity index (χ0v) is 8.70. The van der Waals surface area contributed by atoms with Crippen molar-refractivity contribution in [3.8, 4) is 0 Å². The summed E-state index contributed by atoms with van der Waals surface area (Å²) in [6, 6.07) is 5.21. The molecule has 11 heavy (non-hydrogen) atoms. The summed E-state index contributed by atoms with van der Waals surface area (Å²) in [6.07, 6.45) is 0. The van der Waals surface area contributed by atoms with Gasteiger partial charge in [-0.2, -0.15) is 0 Å². The van der Waals surface area contributed by atoms with Crippen LogP contribution < -0.4 is 11.3 Å². The van der Waals surface area contributed by atoms with Gasteiger partial charge in [-0.25, -0.2) is 0 Å². The van der Waals surface area contributed by atoms with Crippen LogP contribution in [0.2, 0.25) is 10.0 Å². The third kappa shape index (κ3) is 2.52. The molecule has 2 nitrogen and oxygen atoms in total. The van der Waals surface area contributed by atoms with E-state index in [4.69, 9.17) is 29.0 Å². The Morgan fingerprint density at radius 2 is 1.91 bits per heavy atom. The molecule has 0 atom stereocenters. The van der Waals surface area contributed by atoms with Gasteiger partial charge in [0.25, 0.3) is 0 Å². The van der Waals surface area contributed by atoms with Crippen LogP contribution in [0.4, 0.5) is 5.69 Å². The Kier molecular flexibility index (Phi) is 4.84. The molecule has 5 heteroatoms. The number of halogens is 3. The molecule has 62 valence electrons. The molecule has 0 aliphatic rings. The molecule has 1 aromatic carbocycles. The summed E-state index contributed by atoms with van der Waals surface area (Å²) in [4.78, 5) is 0. The van der Waals surface area contributed by atoms with Crippen LogP contribution in [-0.2, 0) is 0 Å². The number of hydrazine groups is 1. The topological polar surface area (TPSA) is 38.0 Å². The monoisotopic (exact) mass is 256 g/mol. The molecule has 0 fully saturated rings. The van der Waals surface area contributed by atoms with Crippen molar-refractivity contribution in [2.24, 2.45) is 5.84 Å². The number of nitrogens with one attached hydrogen (secondary N) is 1. The van der Waals surface area contributed by atoms with E-state index in [0.29, 0.717) is 15.7 Å². The zero-order chi connectivity index (χ0) is 7.56. The van der Waals surface area contributed by atoms with E-state index in [1.807, 2.05) is 0 Å². The van der Waals surface area contributed by atoms with Crippen LogP contribution in [0, 0.1) is 0 Å². The van der Waals surface area contributed by atoms with Gasteiger partial charge in [0.15, 0.2) is 0 Å². The summed E-state index contributed by atoms with van der Waals surface area (Å²) in [5.74, 6) is 5.13. The van der Waals surface area contributed by atoms with Crippen molar-refractivity contribution in [2.75, 3.05) is 5.43 Å². The van der Waals surface area contributed by atoms with Crippen molar-refractivity contribution in [3.63, 3.8) is 0 Å². The fraction of sp³-hybridized carbons (Fsp3) is 0. The van der Waals surface area contributed by atoms with Crippen molar-refractivity contribution in [3.05, 3.63) is 28.2 Å². The van der Waals surface area contributed by atoms with E-state index < -0.39 is 0 Å². The third-order valence-electron chi connectivity index (χ3n) is 1.11. The van der Waals surface area contributed by atoms with Crippen molar-refractivity contribution in [2.45, 2.75) is 0 Å². The zero-order valence-electron chi connectivity index (χ0n) is 5.47. The van der Waals surface area contributed by atoms with Crippen molar-refractivity contribution < 1.29 is 0 Å². The average molecular weight is 258 g/mol. The van der Waals surface area contributed by atoms with Gasteiger partial charge in [0.05, 0.1) is 15.7 Å². The van der Waals surface area contributed by atoms with Crippen LogP contribution in [0.25, 0.3) is 0 Å². The summed E-state index contributed by atoms with van der Waals surface area (Å²) in [7, 11) is 0. The largest absolute Gasteiger partial charge is 0.323 e. The Morgan fingerprint density at radius 1 is 1.27 bits per heavy atom. The smallest absolute Gasteiger partial charge is 0.0836 e. The quantitative estimate of drug-likeness (QED) is 0.600. The van der Waals surface area contributed by atoms with Crippen LogP contribution >= 0.6 is 40.2 Å². The maximum Gasteiger partial charge on any atom is 0.0836 e. The number of anilines is 1. The highest BCUT2D eigenvalue weighted by Crippen LogP contribution is 2.28. The second-order valence-electron chi connectivity index (χ2n) is 1.75. The second kappa shape index (κ2) is 4.83. The summed E-state index contributed by atoms with van der Waals surface area (Å²) >= 11 is 11.4. The predicted octanol–water partition coefficient (Wildman–Crippen LogP) is 2.86. The number of nitrogen functional groups attached to an aromatic ring is 1. The maximum atomic E-state index is 5.72. The van der Waals surface area contributed by atoms with E-state index in [0.717, 1.165) is 0 Å². The highest BCUT2D eigenvalue weighted by Gasteiger charge is 2.00. The fourth-order valence-corrected chi connectivity index (χ4v) is 0.970. The Morgan fingerprint density at radius 3 is 2.36 bits per heavy atom. The molecule has 1 rings (SSSR count). The molecule has 0 heterocycles. The Bertz CT molecular complexity index is 242. The summed E-state index contributed by atoms with van der Waals surface area (Å²) in [5, 5.41) is 0.948. The number of hydrogen-bond acceptors (Lipinski definition) is 2. The van der Waals surface area contributed by atoms with Gasteiger partial charge in [-0.05, 0) is 12.1 Å². The van der Waals surface area contributed by atoms with Crippen molar-refractivity contribution in [1.82, 2.24) is 0 Å². The number of rotatable bonds is 1. The summed E-state index contributed by atoms with van der Waals surface area (Å²) in [6.45, 7) is 0. The number of benzene rings is 1. The molecule has 0 bridgehead atoms. The minimum Gasteiger partial charge on any atom is -0.323 e. The third-order valence-corrected chi connectivity index (χ3v) is 1.93. The van der Waals surface area contributed by atoms with Gasteiger partial charge in [0.1, 0.15) is 0 Å². The van der Waals surface area contributed by atoms with E-state index in [1.165, 1.54) is 0 Å². The van der Waals surface area contributed by atoms with Gasteiger partial charge >= 0.3 is 0 Å². The molecule has 0 radical (unpaired) electrons. The molecule has 0 saturated heterocycles. The fourth-order valence-electron chi connectivity index (χ4n) is 0.615. The first-order valence-corrected chi connectivity index (χ1v) is 3.42. The standard InChI is InChI=1S/C6H6Cl2N2.BrH/c7-4-2-1-3-5(10-9)6(4)8;/h1-3,10H,9H2;1H. The lowest BCUT2D eigenvalue weighted by atomic mass is 10.3. The van der Waals surface area contributed by atoms with Crippen LogP contribution in [0.1, 0.15) is 0 Å². The van der Waals surface area contributed by atoms with Crippen LogP contribution in [0.15, 0.2) is 18.2 Å². The SMILES string of the molecule is Br.NNc1cccc(Cl)c1Cl. The highest BCUT2D eigenvalue weighted by atomic mass is 79.9. The van der Waals surface area contributed by atoms with Gasteiger partial charge in [-0.15, -0.1) is 17.0 Å². The molecule has 0 saturated carbocycles. The highest BCUT2D eigenvalue weighted by molar-refractivity contribution is 8.93. The van der Waals surface area contributed by atoms with E-state index in [1.54, 1.807) is 18.2 Å². The Balaban J connectivity index is 0.000001000. The molecule has 1 aromatic rings. The molecule has 0 unspecified atom stereocenters. The Hall–Kier alpha value is 0.0400. The number of hydrogen-bond donors (Lipinski definition) is 2. The van der Waals surface area contributed by atoms with Crippen molar-refractivity contribution in [1.29, 1.82) is 0 Å². The predicted molar refractivity (Wildman–Crippen MR) is 54.6 cm³/mol. The Labute approximate surface area is 85.4 Å². The maximum absolute atomic E-state index is 5.72. The van der Waals surface area contributed by atoms with Crippen LogP contribution in [-0.4, -0.2) is 0 Å².